The summed E-state index contributed by atoms with van der Waals surface area (Å²) < 4.78 is 0. The summed E-state index contributed by atoms with van der Waals surface area (Å²) >= 11 is 6.00. The van der Waals surface area contributed by atoms with E-state index in [1.807, 2.05) is 24.3 Å². The molecule has 0 fully saturated rings. The van der Waals surface area contributed by atoms with Gasteiger partial charge in [0, 0.05) is 5.39 Å². The summed E-state index contributed by atoms with van der Waals surface area (Å²) in [6, 6.07) is 7.96. The molecule has 0 spiro atoms. The predicted octanol–water partition coefficient (Wildman–Crippen LogP) is 4.26. The molecule has 0 saturated heterocycles. The molecule has 3 heteroatoms. The second kappa shape index (κ2) is 4.54. The number of nitrogens with zero attached hydrogens (tertiary/aromatic N) is 2. The minimum absolute atomic E-state index is 0.302. The molecule has 1 aliphatic carbocycles. The van der Waals surface area contributed by atoms with Crippen molar-refractivity contribution in [1.82, 2.24) is 9.97 Å². The van der Waals surface area contributed by atoms with Gasteiger partial charge in [0.25, 0.3) is 0 Å². The summed E-state index contributed by atoms with van der Waals surface area (Å²) in [5.41, 5.74) is 2.95. The van der Waals surface area contributed by atoms with Gasteiger partial charge >= 0.3 is 0 Å². The Balaban J connectivity index is 2.20. The van der Waals surface area contributed by atoms with Crippen LogP contribution in [0, 0.1) is 5.92 Å². The average molecular weight is 257 g/mol. The molecule has 0 unspecified atom stereocenters. The highest BCUT2D eigenvalue weighted by Crippen LogP contribution is 2.28. The van der Waals surface area contributed by atoms with Crippen LogP contribution in [0.4, 0.5) is 0 Å². The van der Waals surface area contributed by atoms with Crippen LogP contribution in [0.25, 0.3) is 16.5 Å². The van der Waals surface area contributed by atoms with Gasteiger partial charge in [-0.15, -0.1) is 0 Å². The van der Waals surface area contributed by atoms with E-state index in [1.54, 1.807) is 0 Å². The fraction of sp³-hybridized carbons (Fsp3) is 0.200. The second-order valence-electron chi connectivity index (χ2n) is 4.59. The van der Waals surface area contributed by atoms with Crippen LogP contribution in [0.2, 0.25) is 5.28 Å². The molecule has 0 amide bonds. The van der Waals surface area contributed by atoms with Crippen LogP contribution in [-0.4, -0.2) is 9.97 Å². The van der Waals surface area contributed by atoms with E-state index in [9.17, 15) is 0 Å². The Morgan fingerprint density at radius 1 is 1.22 bits per heavy atom. The van der Waals surface area contributed by atoms with E-state index in [2.05, 4.69) is 35.1 Å². The zero-order valence-electron chi connectivity index (χ0n) is 10.1. The summed E-state index contributed by atoms with van der Waals surface area (Å²) in [7, 11) is 0. The topological polar surface area (TPSA) is 25.8 Å². The first-order valence-electron chi connectivity index (χ1n) is 6.05. The number of allylic oxidation sites excluding steroid dienone is 4. The third kappa shape index (κ3) is 2.04. The molecule has 2 aromatic rings. The van der Waals surface area contributed by atoms with Gasteiger partial charge in [0.05, 0.1) is 11.2 Å². The first-order valence-corrected chi connectivity index (χ1v) is 6.43. The third-order valence-corrected chi connectivity index (χ3v) is 3.33. The lowest BCUT2D eigenvalue weighted by Crippen LogP contribution is -1.98. The predicted molar refractivity (Wildman–Crippen MR) is 75.4 cm³/mol. The Morgan fingerprint density at radius 2 is 2.06 bits per heavy atom. The first-order chi connectivity index (χ1) is 8.74. The zero-order valence-corrected chi connectivity index (χ0v) is 10.9. The molecule has 0 radical (unpaired) electrons. The van der Waals surface area contributed by atoms with Gasteiger partial charge in [-0.2, -0.15) is 0 Å². The van der Waals surface area contributed by atoms with Crippen LogP contribution in [0.5, 0.6) is 0 Å². The van der Waals surface area contributed by atoms with Gasteiger partial charge in [0.2, 0.25) is 5.28 Å². The molecular weight excluding hydrogens is 244 g/mol. The molecular formula is C15H13ClN2. The van der Waals surface area contributed by atoms with E-state index in [0.29, 0.717) is 11.2 Å². The molecule has 18 heavy (non-hydrogen) atoms. The SMILES string of the molecule is C[C@@H]1C=CC(c2nc(Cl)nc3ccccc23)=CC1. The highest BCUT2D eigenvalue weighted by atomic mass is 35.5. The molecule has 1 aromatic carbocycles. The van der Waals surface area contributed by atoms with E-state index in [-0.39, 0.29) is 0 Å². The Labute approximate surface area is 111 Å². The van der Waals surface area contributed by atoms with E-state index in [4.69, 9.17) is 11.6 Å². The molecule has 1 atom stereocenters. The van der Waals surface area contributed by atoms with Gasteiger partial charge in [-0.1, -0.05) is 43.4 Å². The molecule has 1 aliphatic rings. The van der Waals surface area contributed by atoms with Crippen molar-refractivity contribution in [2.45, 2.75) is 13.3 Å². The van der Waals surface area contributed by atoms with Gasteiger partial charge < -0.3 is 0 Å². The maximum atomic E-state index is 6.00. The molecule has 0 aliphatic heterocycles. The van der Waals surface area contributed by atoms with Crippen LogP contribution < -0.4 is 0 Å². The smallest absolute Gasteiger partial charge is 0.218 e. The summed E-state index contributed by atoms with van der Waals surface area (Å²) in [5.74, 6) is 0.595. The largest absolute Gasteiger partial charge is 0.223 e. The maximum absolute atomic E-state index is 6.00. The summed E-state index contributed by atoms with van der Waals surface area (Å²) in [6.45, 7) is 2.20. The Morgan fingerprint density at radius 3 is 2.83 bits per heavy atom. The fourth-order valence-electron chi connectivity index (χ4n) is 2.17. The van der Waals surface area contributed by atoms with Crippen molar-refractivity contribution in [2.24, 2.45) is 5.92 Å². The van der Waals surface area contributed by atoms with Crippen molar-refractivity contribution in [3.8, 4) is 0 Å². The number of rotatable bonds is 1. The number of aromatic nitrogens is 2. The number of hydrogen-bond acceptors (Lipinski definition) is 2. The van der Waals surface area contributed by atoms with Crippen molar-refractivity contribution < 1.29 is 0 Å². The lowest BCUT2D eigenvalue weighted by atomic mass is 9.95. The zero-order chi connectivity index (χ0) is 12.5. The van der Waals surface area contributed by atoms with Gasteiger partial charge in [-0.25, -0.2) is 9.97 Å². The van der Waals surface area contributed by atoms with Gasteiger partial charge in [0.15, 0.2) is 0 Å². The third-order valence-electron chi connectivity index (χ3n) is 3.16. The normalized spacial score (nSPS) is 19.0. The van der Waals surface area contributed by atoms with Crippen molar-refractivity contribution in [3.63, 3.8) is 0 Å². The second-order valence-corrected chi connectivity index (χ2v) is 4.93. The number of fused-ring (bicyclic) bond motifs is 1. The lowest BCUT2D eigenvalue weighted by molar-refractivity contribution is 0.739. The Kier molecular flexibility index (Phi) is 2.88. The number of halogens is 1. The number of hydrogen-bond donors (Lipinski definition) is 0. The molecule has 0 saturated carbocycles. The molecule has 90 valence electrons. The van der Waals surface area contributed by atoms with Crippen LogP contribution in [0.1, 0.15) is 19.0 Å². The quantitative estimate of drug-likeness (QED) is 0.713. The fourth-order valence-corrected chi connectivity index (χ4v) is 2.35. The van der Waals surface area contributed by atoms with Crippen molar-refractivity contribution in [1.29, 1.82) is 0 Å². The highest BCUT2D eigenvalue weighted by Gasteiger charge is 2.12. The Hall–Kier alpha value is -1.67. The minimum atomic E-state index is 0.302. The molecule has 2 nitrogen and oxygen atoms in total. The van der Waals surface area contributed by atoms with Crippen LogP contribution in [0.15, 0.2) is 42.5 Å². The van der Waals surface area contributed by atoms with E-state index < -0.39 is 0 Å². The number of benzene rings is 1. The lowest BCUT2D eigenvalue weighted by Gasteiger charge is -2.13. The molecule has 3 rings (SSSR count). The standard InChI is InChI=1S/C15H13ClN2/c1-10-6-8-11(9-7-10)14-12-4-2-3-5-13(12)17-15(16)18-14/h2-6,8-10H,7H2,1H3/t10-/m1/s1. The van der Waals surface area contributed by atoms with Crippen LogP contribution in [0.3, 0.4) is 0 Å². The van der Waals surface area contributed by atoms with E-state index in [1.165, 1.54) is 0 Å². The minimum Gasteiger partial charge on any atom is -0.218 e. The Bertz CT molecular complexity index is 659. The summed E-state index contributed by atoms with van der Waals surface area (Å²) in [5, 5.41) is 1.35. The van der Waals surface area contributed by atoms with E-state index in [0.717, 1.165) is 28.6 Å². The van der Waals surface area contributed by atoms with Gasteiger partial charge in [-0.3, -0.25) is 0 Å². The van der Waals surface area contributed by atoms with E-state index >= 15 is 0 Å². The van der Waals surface area contributed by atoms with Gasteiger partial charge in [0.1, 0.15) is 0 Å². The van der Waals surface area contributed by atoms with Crippen molar-refractivity contribution >= 4 is 28.1 Å². The molecule has 1 heterocycles. The first kappa shape index (κ1) is 11.4. The molecule has 0 bridgehead atoms. The summed E-state index contributed by atoms with van der Waals surface area (Å²) in [6.07, 6.45) is 7.59. The van der Waals surface area contributed by atoms with Crippen LogP contribution >= 0.6 is 11.6 Å². The van der Waals surface area contributed by atoms with Crippen LogP contribution in [-0.2, 0) is 0 Å². The number of para-hydroxylation sites is 1. The molecule has 0 N–H and O–H groups in total. The summed E-state index contributed by atoms with van der Waals surface area (Å²) in [4.78, 5) is 8.63. The van der Waals surface area contributed by atoms with Gasteiger partial charge in [-0.05, 0) is 35.6 Å². The maximum Gasteiger partial charge on any atom is 0.223 e. The molecule has 1 aromatic heterocycles. The monoisotopic (exact) mass is 256 g/mol. The van der Waals surface area contributed by atoms with Crippen molar-refractivity contribution in [3.05, 3.63) is 53.5 Å². The average Bonchev–Trinajstić information content (AvgIpc) is 2.38. The van der Waals surface area contributed by atoms with Crippen molar-refractivity contribution in [2.75, 3.05) is 0 Å². The highest BCUT2D eigenvalue weighted by molar-refractivity contribution is 6.28.